The van der Waals surface area contributed by atoms with Gasteiger partial charge in [0, 0.05) is 37.9 Å². The number of nitriles is 1. The predicted molar refractivity (Wildman–Crippen MR) is 116 cm³/mol. The molecule has 172 valence electrons. The second-order valence-corrected chi connectivity index (χ2v) is 8.25. The van der Waals surface area contributed by atoms with Crippen LogP contribution in [0.15, 0.2) is 24.3 Å². The van der Waals surface area contributed by atoms with Gasteiger partial charge in [-0.15, -0.1) is 12.4 Å². The second kappa shape index (κ2) is 11.6. The molecule has 1 aromatic carbocycles. The van der Waals surface area contributed by atoms with Crippen molar-refractivity contribution in [2.45, 2.75) is 50.7 Å². The third-order valence-corrected chi connectivity index (χ3v) is 6.23. The molecule has 0 atom stereocenters. The van der Waals surface area contributed by atoms with E-state index in [2.05, 4.69) is 10.2 Å². The molecule has 5 nitrogen and oxygen atoms in total. The van der Waals surface area contributed by atoms with Gasteiger partial charge < -0.3 is 10.2 Å². The maximum absolute atomic E-state index is 13.3. The van der Waals surface area contributed by atoms with Gasteiger partial charge in [0.1, 0.15) is 6.42 Å². The van der Waals surface area contributed by atoms with Crippen molar-refractivity contribution in [3.05, 3.63) is 29.8 Å². The highest BCUT2D eigenvalue weighted by atomic mass is 35.5. The molecule has 1 amide bonds. The molecule has 1 saturated carbocycles. The quantitative estimate of drug-likeness (QED) is 0.693. The Labute approximate surface area is 188 Å². The number of carbonyl (C=O) groups is 1. The van der Waals surface area contributed by atoms with Crippen LogP contribution in [0.5, 0.6) is 0 Å². The van der Waals surface area contributed by atoms with Crippen LogP contribution in [-0.4, -0.2) is 49.6 Å². The van der Waals surface area contributed by atoms with E-state index in [1.807, 2.05) is 11.0 Å². The third-order valence-electron chi connectivity index (χ3n) is 6.23. The second-order valence-electron chi connectivity index (χ2n) is 8.25. The molecule has 2 aliphatic rings. The number of hydrogen-bond donors (Lipinski definition) is 1. The summed E-state index contributed by atoms with van der Waals surface area (Å²) in [5, 5.41) is 11.5. The van der Waals surface area contributed by atoms with E-state index in [9.17, 15) is 18.0 Å². The zero-order chi connectivity index (χ0) is 21.6. The maximum atomic E-state index is 13.3. The van der Waals surface area contributed by atoms with Crippen molar-refractivity contribution in [1.29, 1.82) is 5.26 Å². The molecule has 0 spiro atoms. The number of benzene rings is 1. The normalized spacial score (nSPS) is 22.3. The molecule has 9 heteroatoms. The molecular weight excluding hydrogens is 429 g/mol. The summed E-state index contributed by atoms with van der Waals surface area (Å²) in [6, 6.07) is 7.86. The first-order valence-electron chi connectivity index (χ1n) is 10.7. The molecule has 1 aliphatic heterocycles. The summed E-state index contributed by atoms with van der Waals surface area (Å²) in [5.74, 6) is 0.434. The summed E-state index contributed by atoms with van der Waals surface area (Å²) in [5.41, 5.74) is -0.279. The Balaban J connectivity index is 0.00000341. The lowest BCUT2D eigenvalue weighted by atomic mass is 9.84. The van der Waals surface area contributed by atoms with Crippen molar-refractivity contribution >= 4 is 24.0 Å². The Bertz CT molecular complexity index is 752. The minimum atomic E-state index is -4.33. The standard InChI is InChI=1S/C22H29F3N4O.ClH/c23-22(24,25)19-3-1-2-4-20(19)29-15-13-28(14-16-29)12-10-17-5-7-18(8-6-17)27-21(30)9-11-26;/h1-4,17-18H,5-10,12-16H2,(H,27,30);1H. The molecule has 1 aliphatic carbocycles. The van der Waals surface area contributed by atoms with Gasteiger partial charge >= 0.3 is 6.18 Å². The molecule has 3 rings (SSSR count). The number of alkyl halides is 3. The van der Waals surface area contributed by atoms with Gasteiger partial charge in [-0.25, -0.2) is 0 Å². The summed E-state index contributed by atoms with van der Waals surface area (Å²) >= 11 is 0. The van der Waals surface area contributed by atoms with E-state index in [0.29, 0.717) is 19.0 Å². The highest BCUT2D eigenvalue weighted by Crippen LogP contribution is 2.36. The topological polar surface area (TPSA) is 59.4 Å². The first-order chi connectivity index (χ1) is 14.4. The summed E-state index contributed by atoms with van der Waals surface area (Å²) in [4.78, 5) is 15.7. The van der Waals surface area contributed by atoms with Crippen molar-refractivity contribution in [3.8, 4) is 6.07 Å². The average molecular weight is 459 g/mol. The molecule has 1 saturated heterocycles. The van der Waals surface area contributed by atoms with Gasteiger partial charge in [-0.2, -0.15) is 18.4 Å². The van der Waals surface area contributed by atoms with E-state index in [-0.39, 0.29) is 36.5 Å². The number of nitrogens with zero attached hydrogens (tertiary/aromatic N) is 3. The lowest BCUT2D eigenvalue weighted by molar-refractivity contribution is -0.137. The number of hydrogen-bond acceptors (Lipinski definition) is 4. The Kier molecular flexibility index (Phi) is 9.45. The molecule has 31 heavy (non-hydrogen) atoms. The summed E-state index contributed by atoms with van der Waals surface area (Å²) < 4.78 is 39.8. The number of amides is 1. The monoisotopic (exact) mass is 458 g/mol. The fraction of sp³-hybridized carbons (Fsp3) is 0.636. The smallest absolute Gasteiger partial charge is 0.368 e. The van der Waals surface area contributed by atoms with Gasteiger partial charge in [-0.3, -0.25) is 9.69 Å². The molecule has 1 heterocycles. The van der Waals surface area contributed by atoms with Crippen LogP contribution in [0.25, 0.3) is 0 Å². The van der Waals surface area contributed by atoms with Crippen LogP contribution in [-0.2, 0) is 11.0 Å². The van der Waals surface area contributed by atoms with Crippen molar-refractivity contribution in [3.63, 3.8) is 0 Å². The molecule has 0 radical (unpaired) electrons. The zero-order valence-electron chi connectivity index (χ0n) is 17.5. The molecule has 0 bridgehead atoms. The van der Waals surface area contributed by atoms with Gasteiger partial charge in [-0.1, -0.05) is 12.1 Å². The fourth-order valence-electron chi connectivity index (χ4n) is 4.51. The Morgan fingerprint density at radius 1 is 1.10 bits per heavy atom. The lowest BCUT2D eigenvalue weighted by Gasteiger charge is -2.38. The van der Waals surface area contributed by atoms with E-state index in [1.54, 1.807) is 12.1 Å². The Hall–Kier alpha value is -1.98. The minimum Gasteiger partial charge on any atom is -0.368 e. The minimum absolute atomic E-state index is 0. The van der Waals surface area contributed by atoms with E-state index in [4.69, 9.17) is 5.26 Å². The lowest BCUT2D eigenvalue weighted by Crippen LogP contribution is -2.47. The Morgan fingerprint density at radius 2 is 1.74 bits per heavy atom. The molecular formula is C22H30ClF3N4O. The molecule has 1 aromatic rings. The van der Waals surface area contributed by atoms with Crippen LogP contribution >= 0.6 is 12.4 Å². The molecule has 1 N–H and O–H groups in total. The van der Waals surface area contributed by atoms with Gasteiger partial charge in [0.2, 0.25) is 5.91 Å². The van der Waals surface area contributed by atoms with E-state index < -0.39 is 11.7 Å². The average Bonchev–Trinajstić information content (AvgIpc) is 2.73. The summed E-state index contributed by atoms with van der Waals surface area (Å²) in [6.45, 7) is 3.71. The van der Waals surface area contributed by atoms with Crippen molar-refractivity contribution in [2.75, 3.05) is 37.6 Å². The third kappa shape index (κ3) is 7.29. The number of rotatable bonds is 6. The zero-order valence-corrected chi connectivity index (χ0v) is 18.4. The van der Waals surface area contributed by atoms with E-state index in [0.717, 1.165) is 57.8 Å². The number of nitrogens with one attached hydrogen (secondary N) is 1. The largest absolute Gasteiger partial charge is 0.418 e. The number of carbonyl (C=O) groups excluding carboxylic acids is 1. The maximum Gasteiger partial charge on any atom is 0.418 e. The van der Waals surface area contributed by atoms with Gasteiger partial charge in [0.15, 0.2) is 0 Å². The first-order valence-corrected chi connectivity index (χ1v) is 10.7. The highest BCUT2D eigenvalue weighted by Gasteiger charge is 2.35. The molecule has 0 aromatic heterocycles. The van der Waals surface area contributed by atoms with Crippen molar-refractivity contribution in [2.24, 2.45) is 5.92 Å². The van der Waals surface area contributed by atoms with E-state index in [1.165, 1.54) is 6.07 Å². The first kappa shape index (κ1) is 25.3. The summed E-state index contributed by atoms with van der Waals surface area (Å²) in [7, 11) is 0. The SMILES string of the molecule is Cl.N#CCC(=O)NC1CCC(CCN2CCN(c3ccccc3C(F)(F)F)CC2)CC1. The van der Waals surface area contributed by atoms with Gasteiger partial charge in [-0.05, 0) is 56.7 Å². The number of para-hydroxylation sites is 1. The van der Waals surface area contributed by atoms with E-state index >= 15 is 0 Å². The van der Waals surface area contributed by atoms with Crippen LogP contribution in [0.2, 0.25) is 0 Å². The van der Waals surface area contributed by atoms with Gasteiger partial charge in [0.05, 0.1) is 11.6 Å². The molecule has 2 fully saturated rings. The Morgan fingerprint density at radius 3 is 2.35 bits per heavy atom. The van der Waals surface area contributed by atoms with Crippen LogP contribution in [0.3, 0.4) is 0 Å². The number of piperazine rings is 1. The van der Waals surface area contributed by atoms with Crippen molar-refractivity contribution in [1.82, 2.24) is 10.2 Å². The van der Waals surface area contributed by atoms with Crippen LogP contribution < -0.4 is 10.2 Å². The number of halogens is 4. The predicted octanol–water partition coefficient (Wildman–Crippen LogP) is 4.23. The van der Waals surface area contributed by atoms with Crippen molar-refractivity contribution < 1.29 is 18.0 Å². The fourth-order valence-corrected chi connectivity index (χ4v) is 4.51. The van der Waals surface area contributed by atoms with Gasteiger partial charge in [0.25, 0.3) is 0 Å². The summed E-state index contributed by atoms with van der Waals surface area (Å²) in [6.07, 6.45) is 0.693. The van der Waals surface area contributed by atoms with Crippen LogP contribution in [0, 0.1) is 17.2 Å². The molecule has 0 unspecified atom stereocenters. The van der Waals surface area contributed by atoms with Crippen LogP contribution in [0.1, 0.15) is 44.1 Å². The van der Waals surface area contributed by atoms with Crippen LogP contribution in [0.4, 0.5) is 18.9 Å². The number of anilines is 1. The highest BCUT2D eigenvalue weighted by molar-refractivity contribution is 5.85.